The summed E-state index contributed by atoms with van der Waals surface area (Å²) < 4.78 is 24.9. The van der Waals surface area contributed by atoms with Gasteiger partial charge in [0.2, 0.25) is 0 Å². The number of nitrogens with zero attached hydrogens (tertiary/aromatic N) is 2. The number of halogens is 2. The molecular weight excluding hydrogens is 221 g/mol. The third-order valence-electron chi connectivity index (χ3n) is 2.62. The van der Waals surface area contributed by atoms with Gasteiger partial charge in [-0.2, -0.15) is 10.2 Å². The SMILES string of the molecule is C/C(=N\N=C(\CB(F)F)C(C)(C)C)C(C)(C)C. The molecule has 0 saturated carbocycles. The summed E-state index contributed by atoms with van der Waals surface area (Å²) in [5.74, 6) is 0. The van der Waals surface area contributed by atoms with Gasteiger partial charge in [0.05, 0.1) is 0 Å². The molecule has 5 heteroatoms. The molecule has 0 N–H and O–H groups in total. The highest BCUT2D eigenvalue weighted by Crippen LogP contribution is 2.22. The standard InChI is InChI=1S/C12H23BF2N2/c1-9(11(2,3)4)16-17-10(8-13(14)15)12(5,6)7/h8H2,1-7H3/b16-9+,17-10-. The zero-order valence-electron chi connectivity index (χ0n) is 11.9. The fourth-order valence-corrected chi connectivity index (χ4v) is 0.929. The van der Waals surface area contributed by atoms with Gasteiger partial charge in [-0.15, -0.1) is 0 Å². The number of rotatable bonds is 3. The molecule has 0 aromatic heterocycles. The van der Waals surface area contributed by atoms with Gasteiger partial charge in [0, 0.05) is 28.6 Å². The van der Waals surface area contributed by atoms with E-state index in [0.717, 1.165) is 5.71 Å². The van der Waals surface area contributed by atoms with Crippen LogP contribution in [0, 0.1) is 10.8 Å². The largest absolute Gasteiger partial charge is 0.543 e. The van der Waals surface area contributed by atoms with E-state index in [2.05, 4.69) is 10.2 Å². The molecule has 0 unspecified atom stereocenters. The minimum atomic E-state index is -2.38. The van der Waals surface area contributed by atoms with Gasteiger partial charge in [-0.1, -0.05) is 41.5 Å². The molecule has 2 nitrogen and oxygen atoms in total. The Morgan fingerprint density at radius 1 is 0.941 bits per heavy atom. The summed E-state index contributed by atoms with van der Waals surface area (Å²) in [7, 11) is -2.38. The Kier molecular flexibility index (Phi) is 5.49. The van der Waals surface area contributed by atoms with Gasteiger partial charge in [-0.05, 0) is 6.92 Å². The maximum absolute atomic E-state index is 12.4. The minimum Gasteiger partial charge on any atom is -0.286 e. The second kappa shape index (κ2) is 5.74. The summed E-state index contributed by atoms with van der Waals surface area (Å²) in [4.78, 5) is 0. The molecule has 0 spiro atoms. The predicted molar refractivity (Wildman–Crippen MR) is 72.2 cm³/mol. The Labute approximate surface area is 104 Å². The first-order valence-electron chi connectivity index (χ1n) is 5.85. The third-order valence-corrected chi connectivity index (χ3v) is 2.62. The summed E-state index contributed by atoms with van der Waals surface area (Å²) in [6, 6.07) is 0. The Morgan fingerprint density at radius 2 is 1.41 bits per heavy atom. The fraction of sp³-hybridized carbons (Fsp3) is 0.833. The molecule has 0 aliphatic rings. The van der Waals surface area contributed by atoms with Crippen LogP contribution in [0.2, 0.25) is 6.32 Å². The highest BCUT2D eigenvalue weighted by atomic mass is 19.2. The van der Waals surface area contributed by atoms with Gasteiger partial charge in [-0.3, -0.25) is 8.63 Å². The summed E-state index contributed by atoms with van der Waals surface area (Å²) in [6.07, 6.45) is -0.315. The van der Waals surface area contributed by atoms with Crippen LogP contribution in [0.1, 0.15) is 48.5 Å². The van der Waals surface area contributed by atoms with Crippen molar-refractivity contribution in [2.24, 2.45) is 21.0 Å². The molecule has 0 heterocycles. The van der Waals surface area contributed by atoms with Gasteiger partial charge < -0.3 is 0 Å². The van der Waals surface area contributed by atoms with Crippen LogP contribution in [0.5, 0.6) is 0 Å². The second-order valence-electron chi connectivity index (χ2n) is 6.33. The van der Waals surface area contributed by atoms with Crippen molar-refractivity contribution in [2.45, 2.75) is 54.8 Å². The van der Waals surface area contributed by atoms with Crippen molar-refractivity contribution in [3.63, 3.8) is 0 Å². The van der Waals surface area contributed by atoms with Crippen LogP contribution < -0.4 is 0 Å². The van der Waals surface area contributed by atoms with E-state index in [9.17, 15) is 8.63 Å². The van der Waals surface area contributed by atoms with E-state index in [1.54, 1.807) is 0 Å². The molecule has 0 atom stereocenters. The zero-order chi connectivity index (χ0) is 13.9. The average Bonchev–Trinajstić information content (AvgIpc) is 2.07. The second-order valence-corrected chi connectivity index (χ2v) is 6.33. The van der Waals surface area contributed by atoms with Crippen molar-refractivity contribution in [3.8, 4) is 0 Å². The van der Waals surface area contributed by atoms with Crippen molar-refractivity contribution in [1.82, 2.24) is 0 Å². The van der Waals surface area contributed by atoms with Crippen LogP contribution >= 0.6 is 0 Å². The van der Waals surface area contributed by atoms with E-state index in [0.29, 0.717) is 5.71 Å². The van der Waals surface area contributed by atoms with E-state index in [1.807, 2.05) is 48.5 Å². The van der Waals surface area contributed by atoms with Crippen LogP contribution in [0.4, 0.5) is 8.63 Å². The van der Waals surface area contributed by atoms with E-state index in [-0.39, 0.29) is 17.2 Å². The van der Waals surface area contributed by atoms with Crippen LogP contribution in [0.15, 0.2) is 10.2 Å². The first kappa shape index (κ1) is 16.3. The molecule has 0 bridgehead atoms. The van der Waals surface area contributed by atoms with Gasteiger partial charge in [0.1, 0.15) is 0 Å². The quantitative estimate of drug-likeness (QED) is 0.401. The monoisotopic (exact) mass is 244 g/mol. The summed E-state index contributed by atoms with van der Waals surface area (Å²) >= 11 is 0. The summed E-state index contributed by atoms with van der Waals surface area (Å²) in [5.41, 5.74) is 0.819. The van der Waals surface area contributed by atoms with Crippen molar-refractivity contribution < 1.29 is 8.63 Å². The molecule has 0 aliphatic heterocycles. The lowest BCUT2D eigenvalue weighted by Gasteiger charge is -2.21. The molecule has 0 amide bonds. The topological polar surface area (TPSA) is 24.7 Å². The van der Waals surface area contributed by atoms with Gasteiger partial charge >= 0.3 is 7.27 Å². The molecule has 0 aromatic carbocycles. The third kappa shape index (κ3) is 6.54. The molecular formula is C12H23BF2N2. The zero-order valence-corrected chi connectivity index (χ0v) is 11.9. The number of hydrogen-bond donors (Lipinski definition) is 0. The molecule has 98 valence electrons. The summed E-state index contributed by atoms with van der Waals surface area (Å²) in [5, 5.41) is 8.11. The fourth-order valence-electron chi connectivity index (χ4n) is 0.929. The number of hydrogen-bond acceptors (Lipinski definition) is 2. The van der Waals surface area contributed by atoms with E-state index < -0.39 is 7.27 Å². The molecule has 17 heavy (non-hydrogen) atoms. The van der Waals surface area contributed by atoms with Crippen LogP contribution in [-0.2, 0) is 0 Å². The smallest absolute Gasteiger partial charge is 0.286 e. The van der Waals surface area contributed by atoms with Gasteiger partial charge in [0.15, 0.2) is 0 Å². The lowest BCUT2D eigenvalue weighted by molar-refractivity contribution is 0.572. The van der Waals surface area contributed by atoms with Crippen LogP contribution in [0.25, 0.3) is 0 Å². The first-order valence-corrected chi connectivity index (χ1v) is 5.85. The molecule has 0 rings (SSSR count). The van der Waals surface area contributed by atoms with Crippen LogP contribution in [0.3, 0.4) is 0 Å². The van der Waals surface area contributed by atoms with Crippen molar-refractivity contribution >= 4 is 18.7 Å². The van der Waals surface area contributed by atoms with E-state index in [1.165, 1.54) is 0 Å². The van der Waals surface area contributed by atoms with E-state index in [4.69, 9.17) is 0 Å². The average molecular weight is 244 g/mol. The van der Waals surface area contributed by atoms with Crippen molar-refractivity contribution in [2.75, 3.05) is 0 Å². The summed E-state index contributed by atoms with van der Waals surface area (Å²) in [6.45, 7) is 13.5. The molecule has 0 fully saturated rings. The Bertz CT molecular complexity index is 309. The van der Waals surface area contributed by atoms with Crippen molar-refractivity contribution in [1.29, 1.82) is 0 Å². The molecule has 0 saturated heterocycles. The highest BCUT2D eigenvalue weighted by molar-refractivity contribution is 6.48. The molecule has 0 radical (unpaired) electrons. The Hall–Kier alpha value is -0.735. The Balaban J connectivity index is 5.08. The lowest BCUT2D eigenvalue weighted by atomic mass is 9.78. The first-order chi connectivity index (χ1) is 7.44. The van der Waals surface area contributed by atoms with Crippen molar-refractivity contribution in [3.05, 3.63) is 0 Å². The molecule has 0 aliphatic carbocycles. The van der Waals surface area contributed by atoms with Gasteiger partial charge in [0.25, 0.3) is 0 Å². The predicted octanol–water partition coefficient (Wildman–Crippen LogP) is 4.32. The lowest BCUT2D eigenvalue weighted by Crippen LogP contribution is -2.24. The minimum absolute atomic E-state index is 0.0860. The highest BCUT2D eigenvalue weighted by Gasteiger charge is 2.26. The Morgan fingerprint density at radius 3 is 1.71 bits per heavy atom. The van der Waals surface area contributed by atoms with Crippen LogP contribution in [-0.4, -0.2) is 18.7 Å². The normalized spacial score (nSPS) is 15.1. The van der Waals surface area contributed by atoms with E-state index >= 15 is 0 Å². The maximum Gasteiger partial charge on any atom is 0.543 e. The molecule has 0 aromatic rings. The maximum atomic E-state index is 12.4. The van der Waals surface area contributed by atoms with Gasteiger partial charge in [-0.25, -0.2) is 0 Å².